The summed E-state index contributed by atoms with van der Waals surface area (Å²) in [6, 6.07) is 2.87. The van der Waals surface area contributed by atoms with Crippen molar-refractivity contribution in [3.05, 3.63) is 18.3 Å². The minimum absolute atomic E-state index is 0.177. The van der Waals surface area contributed by atoms with E-state index in [-0.39, 0.29) is 4.90 Å². The Morgan fingerprint density at radius 2 is 2.32 bits per heavy atom. The number of thioether (sulfide) groups is 1. The second-order valence-corrected chi connectivity index (χ2v) is 7.54. The van der Waals surface area contributed by atoms with Gasteiger partial charge in [0.05, 0.1) is 4.90 Å². The zero-order chi connectivity index (χ0) is 13.7. The van der Waals surface area contributed by atoms with Crippen molar-refractivity contribution in [1.82, 2.24) is 9.71 Å². The van der Waals surface area contributed by atoms with Crippen LogP contribution in [0.25, 0.3) is 0 Å². The zero-order valence-electron chi connectivity index (χ0n) is 10.5. The van der Waals surface area contributed by atoms with Gasteiger partial charge in [0.1, 0.15) is 5.82 Å². The van der Waals surface area contributed by atoms with Crippen molar-refractivity contribution in [2.24, 2.45) is 5.84 Å². The molecule has 1 saturated heterocycles. The number of pyridine rings is 1. The summed E-state index contributed by atoms with van der Waals surface area (Å²) in [7, 11) is -3.49. The molecule has 0 saturated carbocycles. The van der Waals surface area contributed by atoms with Crippen molar-refractivity contribution in [2.45, 2.75) is 29.4 Å². The number of nitrogens with two attached hydrogens (primary N) is 1. The number of sulfonamides is 1. The summed E-state index contributed by atoms with van der Waals surface area (Å²) >= 11 is 1.84. The highest BCUT2D eigenvalue weighted by atomic mass is 32.2. The number of hydrogen-bond acceptors (Lipinski definition) is 6. The molecule has 6 nitrogen and oxygen atoms in total. The molecule has 0 radical (unpaired) electrons. The van der Waals surface area contributed by atoms with Crippen molar-refractivity contribution in [3.8, 4) is 0 Å². The lowest BCUT2D eigenvalue weighted by atomic mass is 10.2. The molecule has 2 rings (SSSR count). The molecule has 1 fully saturated rings. The van der Waals surface area contributed by atoms with E-state index >= 15 is 0 Å². The maximum atomic E-state index is 12.1. The fraction of sp³-hybridized carbons (Fsp3) is 0.545. The molecule has 1 aliphatic heterocycles. The first-order valence-corrected chi connectivity index (χ1v) is 8.69. The topological polar surface area (TPSA) is 97.1 Å². The lowest BCUT2D eigenvalue weighted by Crippen LogP contribution is -2.32. The molecule has 8 heteroatoms. The Kier molecular flexibility index (Phi) is 5.03. The highest BCUT2D eigenvalue weighted by Gasteiger charge is 2.19. The van der Waals surface area contributed by atoms with E-state index in [0.29, 0.717) is 17.6 Å². The van der Waals surface area contributed by atoms with E-state index < -0.39 is 10.0 Å². The van der Waals surface area contributed by atoms with E-state index in [2.05, 4.69) is 15.1 Å². The van der Waals surface area contributed by atoms with Crippen molar-refractivity contribution in [3.63, 3.8) is 0 Å². The van der Waals surface area contributed by atoms with Crippen LogP contribution in [0.1, 0.15) is 19.3 Å². The average Bonchev–Trinajstić information content (AvgIpc) is 2.46. The number of nitrogen functional groups attached to an aromatic ring is 1. The first kappa shape index (κ1) is 14.6. The smallest absolute Gasteiger partial charge is 0.240 e. The highest BCUT2D eigenvalue weighted by molar-refractivity contribution is 8.00. The largest absolute Gasteiger partial charge is 0.308 e. The van der Waals surface area contributed by atoms with Gasteiger partial charge in [-0.15, -0.1) is 0 Å². The zero-order valence-corrected chi connectivity index (χ0v) is 12.1. The Bertz CT molecular complexity index is 515. The molecule has 2 heterocycles. The molecule has 0 aromatic carbocycles. The number of hydrazine groups is 1. The number of anilines is 1. The molecular weight excluding hydrogens is 284 g/mol. The maximum absolute atomic E-state index is 12.1. The molecule has 0 spiro atoms. The average molecular weight is 302 g/mol. The van der Waals surface area contributed by atoms with Crippen molar-refractivity contribution >= 4 is 27.6 Å². The van der Waals surface area contributed by atoms with Gasteiger partial charge < -0.3 is 5.43 Å². The van der Waals surface area contributed by atoms with Gasteiger partial charge in [-0.1, -0.05) is 6.42 Å². The van der Waals surface area contributed by atoms with Gasteiger partial charge in [-0.3, -0.25) is 0 Å². The van der Waals surface area contributed by atoms with Gasteiger partial charge in [-0.2, -0.15) is 11.8 Å². The number of rotatable bonds is 5. The lowest BCUT2D eigenvalue weighted by Gasteiger charge is -2.21. The fourth-order valence-electron chi connectivity index (χ4n) is 1.91. The minimum atomic E-state index is -3.49. The van der Waals surface area contributed by atoms with Crippen LogP contribution < -0.4 is 16.0 Å². The van der Waals surface area contributed by atoms with Gasteiger partial charge in [-0.05, 0) is 24.7 Å². The molecule has 0 amide bonds. The van der Waals surface area contributed by atoms with Crippen molar-refractivity contribution < 1.29 is 8.42 Å². The van der Waals surface area contributed by atoms with Gasteiger partial charge in [-0.25, -0.2) is 24.0 Å². The molecule has 106 valence electrons. The van der Waals surface area contributed by atoms with E-state index in [4.69, 9.17) is 5.84 Å². The molecular formula is C11H18N4O2S2. The summed E-state index contributed by atoms with van der Waals surface area (Å²) in [4.78, 5) is 4.07. The predicted octanol–water partition coefficient (Wildman–Crippen LogP) is 0.931. The summed E-state index contributed by atoms with van der Waals surface area (Å²) in [5, 5.41) is 0.373. The second kappa shape index (κ2) is 6.56. The molecule has 1 unspecified atom stereocenters. The number of hydrogen-bond donors (Lipinski definition) is 3. The molecule has 1 aromatic rings. The molecule has 1 aliphatic rings. The summed E-state index contributed by atoms with van der Waals surface area (Å²) in [6.07, 6.45) is 4.89. The van der Waals surface area contributed by atoms with Crippen LogP contribution in [-0.4, -0.2) is 30.9 Å². The van der Waals surface area contributed by atoms with Crippen LogP contribution in [0.2, 0.25) is 0 Å². The first-order chi connectivity index (χ1) is 9.12. The minimum Gasteiger partial charge on any atom is -0.308 e. The highest BCUT2D eigenvalue weighted by Crippen LogP contribution is 2.24. The SMILES string of the molecule is NNc1cc(S(=O)(=O)NCC2CCCCS2)ccn1. The van der Waals surface area contributed by atoms with Crippen LogP contribution in [-0.2, 0) is 10.0 Å². The van der Waals surface area contributed by atoms with Crippen LogP contribution in [0.5, 0.6) is 0 Å². The standard InChI is InChI=1S/C11H18N4O2S2/c12-15-11-7-10(4-5-13-11)19(16,17)14-8-9-3-1-2-6-18-9/h4-5,7,9,14H,1-3,6,8,12H2,(H,13,15). The van der Waals surface area contributed by atoms with E-state index in [1.54, 1.807) is 0 Å². The Morgan fingerprint density at radius 3 is 3.00 bits per heavy atom. The van der Waals surface area contributed by atoms with Crippen LogP contribution in [0.4, 0.5) is 5.82 Å². The van der Waals surface area contributed by atoms with Crippen LogP contribution >= 0.6 is 11.8 Å². The monoisotopic (exact) mass is 302 g/mol. The summed E-state index contributed by atoms with van der Waals surface area (Å²) in [5.41, 5.74) is 2.34. The summed E-state index contributed by atoms with van der Waals surface area (Å²) < 4.78 is 26.9. The molecule has 19 heavy (non-hydrogen) atoms. The quantitative estimate of drug-likeness (QED) is 0.553. The third-order valence-electron chi connectivity index (χ3n) is 2.96. The van der Waals surface area contributed by atoms with Gasteiger partial charge >= 0.3 is 0 Å². The molecule has 0 bridgehead atoms. The molecule has 0 aliphatic carbocycles. The molecule has 1 atom stereocenters. The van der Waals surface area contributed by atoms with Gasteiger partial charge in [0.2, 0.25) is 10.0 Å². The lowest BCUT2D eigenvalue weighted by molar-refractivity contribution is 0.573. The summed E-state index contributed by atoms with van der Waals surface area (Å²) in [6.45, 7) is 0.473. The predicted molar refractivity (Wildman–Crippen MR) is 77.3 cm³/mol. The molecule has 1 aromatic heterocycles. The van der Waals surface area contributed by atoms with Crippen LogP contribution in [0, 0.1) is 0 Å². The van der Waals surface area contributed by atoms with Gasteiger partial charge in [0.25, 0.3) is 0 Å². The van der Waals surface area contributed by atoms with Gasteiger partial charge in [0, 0.05) is 24.1 Å². The third-order valence-corrected chi connectivity index (χ3v) is 5.78. The number of nitrogens with one attached hydrogen (secondary N) is 2. The number of nitrogens with zero attached hydrogens (tertiary/aromatic N) is 1. The maximum Gasteiger partial charge on any atom is 0.240 e. The van der Waals surface area contributed by atoms with Crippen LogP contribution in [0.15, 0.2) is 23.2 Å². The van der Waals surface area contributed by atoms with Gasteiger partial charge in [0.15, 0.2) is 0 Å². The first-order valence-electron chi connectivity index (χ1n) is 6.16. The van der Waals surface area contributed by atoms with Crippen molar-refractivity contribution in [2.75, 3.05) is 17.7 Å². The normalized spacial score (nSPS) is 20.2. The van der Waals surface area contributed by atoms with Crippen LogP contribution in [0.3, 0.4) is 0 Å². The second-order valence-electron chi connectivity index (χ2n) is 4.36. The van der Waals surface area contributed by atoms with E-state index in [1.165, 1.54) is 31.2 Å². The Labute approximate surface area is 117 Å². The van der Waals surface area contributed by atoms with E-state index in [0.717, 1.165) is 12.2 Å². The van der Waals surface area contributed by atoms with Crippen molar-refractivity contribution in [1.29, 1.82) is 0 Å². The Hall–Kier alpha value is -0.830. The number of aromatic nitrogens is 1. The summed E-state index contributed by atoms with van der Waals surface area (Å²) in [5.74, 6) is 6.66. The Balaban J connectivity index is 2.00. The van der Waals surface area contributed by atoms with E-state index in [9.17, 15) is 8.42 Å². The van der Waals surface area contributed by atoms with E-state index in [1.807, 2.05) is 11.8 Å². The third kappa shape index (κ3) is 4.07. The Morgan fingerprint density at radius 1 is 1.47 bits per heavy atom. The molecule has 4 N–H and O–H groups in total. The fourth-order valence-corrected chi connectivity index (χ4v) is 4.35.